The van der Waals surface area contributed by atoms with Gasteiger partial charge in [-0.3, -0.25) is 19.1 Å². The summed E-state index contributed by atoms with van der Waals surface area (Å²) in [5, 5.41) is 1.26. The Hall–Kier alpha value is -4.59. The van der Waals surface area contributed by atoms with E-state index in [2.05, 4.69) is 9.97 Å². The van der Waals surface area contributed by atoms with Crippen LogP contribution in [-0.4, -0.2) is 25.0 Å². The first kappa shape index (κ1) is 20.3. The predicted octanol–water partition coefficient (Wildman–Crippen LogP) is 2.80. The fourth-order valence-electron chi connectivity index (χ4n) is 3.95. The van der Waals surface area contributed by atoms with Gasteiger partial charge in [-0.1, -0.05) is 24.3 Å². The number of rotatable bonds is 4. The number of pyridine rings is 2. The van der Waals surface area contributed by atoms with Gasteiger partial charge in [0.2, 0.25) is 5.91 Å². The first-order valence-corrected chi connectivity index (χ1v) is 10.3. The summed E-state index contributed by atoms with van der Waals surface area (Å²) in [5.41, 5.74) is 6.70. The predicted molar refractivity (Wildman–Crippen MR) is 126 cm³/mol. The lowest BCUT2D eigenvalue weighted by Crippen LogP contribution is -2.42. The highest BCUT2D eigenvalue weighted by molar-refractivity contribution is 5.93. The fraction of sp³-hybridized carbons (Fsp3) is 0.0800. The van der Waals surface area contributed by atoms with Crippen LogP contribution in [0.25, 0.3) is 27.6 Å². The molecule has 8 heteroatoms. The van der Waals surface area contributed by atoms with Crippen molar-refractivity contribution in [3.8, 4) is 5.69 Å². The summed E-state index contributed by atoms with van der Waals surface area (Å²) in [6, 6.07) is 20.3. The van der Waals surface area contributed by atoms with Gasteiger partial charge in [-0.15, -0.1) is 0 Å². The summed E-state index contributed by atoms with van der Waals surface area (Å²) < 4.78 is 2.54. The van der Waals surface area contributed by atoms with Crippen LogP contribution >= 0.6 is 0 Å². The smallest absolute Gasteiger partial charge is 0.337 e. The van der Waals surface area contributed by atoms with E-state index in [0.29, 0.717) is 22.3 Å². The SMILES string of the molecule is CC(c1ccc2ccccc2n1)n1c(=O)c2cccnc2n(-c2ccc(C(N)=O)cc2)c1=O. The molecule has 0 bridgehead atoms. The number of hydrogen-bond donors (Lipinski definition) is 1. The van der Waals surface area contributed by atoms with Crippen molar-refractivity contribution in [1.82, 2.24) is 19.1 Å². The quantitative estimate of drug-likeness (QED) is 0.465. The highest BCUT2D eigenvalue weighted by Gasteiger charge is 2.21. The van der Waals surface area contributed by atoms with Crippen molar-refractivity contribution in [3.05, 3.63) is 111 Å². The van der Waals surface area contributed by atoms with Gasteiger partial charge < -0.3 is 5.73 Å². The van der Waals surface area contributed by atoms with Gasteiger partial charge in [-0.05, 0) is 55.5 Å². The molecule has 1 atom stereocenters. The number of nitrogens with zero attached hydrogens (tertiary/aromatic N) is 4. The van der Waals surface area contributed by atoms with Crippen molar-refractivity contribution in [1.29, 1.82) is 0 Å². The Balaban J connectivity index is 1.76. The molecule has 1 amide bonds. The van der Waals surface area contributed by atoms with Crippen LogP contribution in [0.3, 0.4) is 0 Å². The monoisotopic (exact) mass is 437 g/mol. The number of benzene rings is 2. The Kier molecular flexibility index (Phi) is 4.82. The summed E-state index contributed by atoms with van der Waals surface area (Å²) in [6.45, 7) is 1.77. The van der Waals surface area contributed by atoms with Crippen LogP contribution in [0, 0.1) is 0 Å². The minimum absolute atomic E-state index is 0.231. The average molecular weight is 437 g/mol. The van der Waals surface area contributed by atoms with E-state index in [1.807, 2.05) is 36.4 Å². The number of carbonyl (C=O) groups is 1. The minimum Gasteiger partial charge on any atom is -0.366 e. The lowest BCUT2D eigenvalue weighted by molar-refractivity contribution is 0.100. The fourth-order valence-corrected chi connectivity index (χ4v) is 3.95. The van der Waals surface area contributed by atoms with Crippen LogP contribution in [0.1, 0.15) is 29.0 Å². The molecule has 0 spiro atoms. The molecule has 3 heterocycles. The number of carbonyl (C=O) groups excluding carboxylic acids is 1. The summed E-state index contributed by atoms with van der Waals surface area (Å²) in [5.74, 6) is -0.571. The number of nitrogens with two attached hydrogens (primary N) is 1. The topological polar surface area (TPSA) is 113 Å². The van der Waals surface area contributed by atoms with Crippen LogP contribution in [0.5, 0.6) is 0 Å². The number of aromatic nitrogens is 4. The molecular formula is C25H19N5O3. The van der Waals surface area contributed by atoms with Gasteiger partial charge in [0.25, 0.3) is 5.56 Å². The average Bonchev–Trinajstić information content (AvgIpc) is 2.84. The normalized spacial score (nSPS) is 12.2. The van der Waals surface area contributed by atoms with E-state index in [1.165, 1.54) is 27.5 Å². The van der Waals surface area contributed by atoms with Gasteiger partial charge in [0, 0.05) is 17.1 Å². The van der Waals surface area contributed by atoms with Gasteiger partial charge >= 0.3 is 5.69 Å². The van der Waals surface area contributed by atoms with Gasteiger partial charge in [-0.2, -0.15) is 0 Å². The van der Waals surface area contributed by atoms with Gasteiger partial charge in [0.15, 0.2) is 5.65 Å². The standard InChI is InChI=1S/C25H19N5O3/c1-15(20-13-10-16-5-2-3-7-21(16)28-20)29-24(32)19-6-4-14-27-23(19)30(25(29)33)18-11-8-17(9-12-18)22(26)31/h2-15H,1H3,(H2,26,31). The summed E-state index contributed by atoms with van der Waals surface area (Å²) >= 11 is 0. The minimum atomic E-state index is -0.629. The summed E-state index contributed by atoms with van der Waals surface area (Å²) in [6.07, 6.45) is 1.52. The lowest BCUT2D eigenvalue weighted by Gasteiger charge is -2.18. The Morgan fingerprint density at radius 1 is 0.939 bits per heavy atom. The molecule has 8 nitrogen and oxygen atoms in total. The molecule has 0 fully saturated rings. The number of amides is 1. The molecule has 0 radical (unpaired) electrons. The zero-order valence-corrected chi connectivity index (χ0v) is 17.7. The number of fused-ring (bicyclic) bond motifs is 2. The van der Waals surface area contributed by atoms with Gasteiger partial charge in [-0.25, -0.2) is 14.3 Å². The first-order valence-electron chi connectivity index (χ1n) is 10.3. The molecule has 0 aliphatic rings. The molecule has 5 aromatic rings. The van der Waals surface area contributed by atoms with Crippen LogP contribution < -0.4 is 17.0 Å². The van der Waals surface area contributed by atoms with E-state index in [1.54, 1.807) is 31.2 Å². The largest absolute Gasteiger partial charge is 0.366 e. The van der Waals surface area contributed by atoms with Crippen molar-refractivity contribution in [3.63, 3.8) is 0 Å². The molecular weight excluding hydrogens is 418 g/mol. The van der Waals surface area contributed by atoms with Crippen LogP contribution in [0.15, 0.2) is 88.6 Å². The van der Waals surface area contributed by atoms with Crippen LogP contribution in [0.4, 0.5) is 0 Å². The van der Waals surface area contributed by atoms with Crippen LogP contribution in [0.2, 0.25) is 0 Å². The highest BCUT2D eigenvalue weighted by atomic mass is 16.2. The van der Waals surface area contributed by atoms with E-state index in [9.17, 15) is 14.4 Å². The molecule has 0 saturated heterocycles. The van der Waals surface area contributed by atoms with E-state index in [0.717, 1.165) is 10.9 Å². The van der Waals surface area contributed by atoms with Crippen molar-refractivity contribution >= 4 is 27.8 Å². The molecule has 1 unspecified atom stereocenters. The summed E-state index contributed by atoms with van der Waals surface area (Å²) in [7, 11) is 0. The number of para-hydroxylation sites is 1. The zero-order chi connectivity index (χ0) is 23.1. The van der Waals surface area contributed by atoms with Crippen LogP contribution in [-0.2, 0) is 0 Å². The van der Waals surface area contributed by atoms with Crippen molar-refractivity contribution in [2.75, 3.05) is 0 Å². The molecule has 162 valence electrons. The van der Waals surface area contributed by atoms with Crippen molar-refractivity contribution in [2.24, 2.45) is 5.73 Å². The number of hydrogen-bond acceptors (Lipinski definition) is 5. The van der Waals surface area contributed by atoms with Gasteiger partial charge in [0.05, 0.1) is 28.3 Å². The molecule has 3 aromatic heterocycles. The molecule has 2 N–H and O–H groups in total. The second-order valence-corrected chi connectivity index (χ2v) is 7.68. The number of primary amides is 1. The molecule has 0 saturated carbocycles. The second-order valence-electron chi connectivity index (χ2n) is 7.68. The summed E-state index contributed by atoms with van der Waals surface area (Å²) in [4.78, 5) is 47.5. The Bertz CT molecular complexity index is 1650. The molecule has 0 aliphatic carbocycles. The third-order valence-electron chi connectivity index (χ3n) is 5.69. The molecule has 0 aliphatic heterocycles. The van der Waals surface area contributed by atoms with E-state index in [4.69, 9.17) is 5.73 Å². The van der Waals surface area contributed by atoms with Gasteiger partial charge in [0.1, 0.15) is 0 Å². The first-order chi connectivity index (χ1) is 16.0. The maximum absolute atomic E-state index is 13.7. The molecule has 33 heavy (non-hydrogen) atoms. The Morgan fingerprint density at radius 3 is 2.45 bits per heavy atom. The van der Waals surface area contributed by atoms with Crippen molar-refractivity contribution in [2.45, 2.75) is 13.0 Å². The Morgan fingerprint density at radius 2 is 1.70 bits per heavy atom. The van der Waals surface area contributed by atoms with E-state index >= 15 is 0 Å². The van der Waals surface area contributed by atoms with E-state index in [-0.39, 0.29) is 5.65 Å². The third-order valence-corrected chi connectivity index (χ3v) is 5.69. The molecule has 2 aromatic carbocycles. The van der Waals surface area contributed by atoms with Crippen molar-refractivity contribution < 1.29 is 4.79 Å². The maximum atomic E-state index is 13.7. The zero-order valence-electron chi connectivity index (χ0n) is 17.7. The van der Waals surface area contributed by atoms with E-state index < -0.39 is 23.2 Å². The highest BCUT2D eigenvalue weighted by Crippen LogP contribution is 2.19. The molecule has 5 rings (SSSR count). The second kappa shape index (κ2) is 7.83. The Labute approximate surface area is 187 Å². The lowest BCUT2D eigenvalue weighted by atomic mass is 10.1. The third kappa shape index (κ3) is 3.38. The maximum Gasteiger partial charge on any atom is 0.337 e.